The van der Waals surface area contributed by atoms with Crippen LogP contribution in [0.25, 0.3) is 0 Å². The van der Waals surface area contributed by atoms with Gasteiger partial charge in [0.25, 0.3) is 0 Å². The Morgan fingerprint density at radius 2 is 1.00 bits per heavy atom. The van der Waals surface area contributed by atoms with Gasteiger partial charge >= 0.3 is 0 Å². The fourth-order valence-electron chi connectivity index (χ4n) is 2.29. The molecular weight excluding hydrogens is 176 g/mol. The minimum atomic E-state index is -0.280. The van der Waals surface area contributed by atoms with Crippen LogP contribution in [0.5, 0.6) is 0 Å². The van der Waals surface area contributed by atoms with Crippen molar-refractivity contribution >= 4 is 0 Å². The van der Waals surface area contributed by atoms with Gasteiger partial charge in [-0.05, 0) is 12.8 Å². The van der Waals surface area contributed by atoms with Crippen molar-refractivity contribution in [2.75, 3.05) is 14.2 Å². The maximum absolute atomic E-state index is 5.54. The number of methoxy groups -OCH3 is 2. The molecule has 0 N–H and O–H groups in total. The third-order valence-electron chi connectivity index (χ3n) is 3.36. The molecule has 1 aliphatic rings. The van der Waals surface area contributed by atoms with Crippen LogP contribution < -0.4 is 0 Å². The molecule has 0 atom stereocenters. The molecule has 0 spiro atoms. The minimum absolute atomic E-state index is 0.280. The molecule has 0 heterocycles. The summed E-state index contributed by atoms with van der Waals surface area (Å²) in [5.74, 6) is -0.280. The largest absolute Gasteiger partial charge is 0.353 e. The molecule has 14 heavy (non-hydrogen) atoms. The van der Waals surface area contributed by atoms with Crippen LogP contribution in [-0.2, 0) is 9.47 Å². The van der Waals surface area contributed by atoms with E-state index in [1.807, 2.05) is 0 Å². The van der Waals surface area contributed by atoms with Crippen molar-refractivity contribution in [3.8, 4) is 0 Å². The van der Waals surface area contributed by atoms with Crippen LogP contribution in [0.1, 0.15) is 57.8 Å². The van der Waals surface area contributed by atoms with Gasteiger partial charge < -0.3 is 9.47 Å². The highest BCUT2D eigenvalue weighted by Crippen LogP contribution is 2.28. The molecule has 0 saturated heterocycles. The van der Waals surface area contributed by atoms with Crippen LogP contribution in [0.3, 0.4) is 0 Å². The Kier molecular flexibility index (Phi) is 5.49. The van der Waals surface area contributed by atoms with Gasteiger partial charge in [0, 0.05) is 27.1 Å². The summed E-state index contributed by atoms with van der Waals surface area (Å²) in [4.78, 5) is 0. The second-order valence-corrected chi connectivity index (χ2v) is 4.29. The van der Waals surface area contributed by atoms with Crippen LogP contribution in [0.2, 0.25) is 0 Å². The SMILES string of the molecule is COC1(OC)CCCCCCCCC1. The molecule has 0 aromatic rings. The highest BCUT2D eigenvalue weighted by atomic mass is 16.7. The van der Waals surface area contributed by atoms with Gasteiger partial charge in [0.1, 0.15) is 0 Å². The highest BCUT2D eigenvalue weighted by molar-refractivity contribution is 4.70. The summed E-state index contributed by atoms with van der Waals surface area (Å²) in [5, 5.41) is 0. The molecule has 0 aromatic heterocycles. The van der Waals surface area contributed by atoms with Gasteiger partial charge in [-0.15, -0.1) is 0 Å². The first kappa shape index (κ1) is 12.0. The van der Waals surface area contributed by atoms with E-state index in [1.54, 1.807) is 14.2 Å². The van der Waals surface area contributed by atoms with Gasteiger partial charge in [-0.3, -0.25) is 0 Å². The molecule has 0 unspecified atom stereocenters. The average Bonchev–Trinajstić information content (AvgIpc) is 2.26. The molecule has 84 valence electrons. The molecule has 1 saturated carbocycles. The van der Waals surface area contributed by atoms with Crippen LogP contribution >= 0.6 is 0 Å². The van der Waals surface area contributed by atoms with Gasteiger partial charge in [0.05, 0.1) is 0 Å². The van der Waals surface area contributed by atoms with Crippen molar-refractivity contribution in [3.05, 3.63) is 0 Å². The summed E-state index contributed by atoms with van der Waals surface area (Å²) in [6, 6.07) is 0. The van der Waals surface area contributed by atoms with Crippen LogP contribution in [0.4, 0.5) is 0 Å². The Hall–Kier alpha value is -0.0800. The molecular formula is C12H24O2. The maximum Gasteiger partial charge on any atom is 0.167 e. The van der Waals surface area contributed by atoms with Crippen LogP contribution in [0.15, 0.2) is 0 Å². The fraction of sp³-hybridized carbons (Fsp3) is 1.00. The van der Waals surface area contributed by atoms with E-state index in [1.165, 1.54) is 44.9 Å². The van der Waals surface area contributed by atoms with Gasteiger partial charge in [0.15, 0.2) is 5.79 Å². The Bertz CT molecular complexity index is 129. The fourth-order valence-corrected chi connectivity index (χ4v) is 2.29. The lowest BCUT2D eigenvalue weighted by Crippen LogP contribution is -2.33. The van der Waals surface area contributed by atoms with Gasteiger partial charge in [-0.25, -0.2) is 0 Å². The summed E-state index contributed by atoms with van der Waals surface area (Å²) in [6.07, 6.45) is 11.4. The third-order valence-corrected chi connectivity index (χ3v) is 3.36. The smallest absolute Gasteiger partial charge is 0.167 e. The first-order valence-electron chi connectivity index (χ1n) is 5.93. The zero-order valence-corrected chi connectivity index (χ0v) is 9.68. The summed E-state index contributed by atoms with van der Waals surface area (Å²) in [5.41, 5.74) is 0. The summed E-state index contributed by atoms with van der Waals surface area (Å²) in [6.45, 7) is 0. The van der Waals surface area contributed by atoms with Crippen LogP contribution in [0, 0.1) is 0 Å². The molecule has 0 radical (unpaired) electrons. The second-order valence-electron chi connectivity index (χ2n) is 4.29. The number of hydrogen-bond donors (Lipinski definition) is 0. The molecule has 2 heteroatoms. The van der Waals surface area contributed by atoms with E-state index in [4.69, 9.17) is 9.47 Å². The van der Waals surface area contributed by atoms with Gasteiger partial charge in [0.2, 0.25) is 0 Å². The summed E-state index contributed by atoms with van der Waals surface area (Å²) < 4.78 is 11.1. The number of rotatable bonds is 2. The topological polar surface area (TPSA) is 18.5 Å². The lowest BCUT2D eigenvalue weighted by atomic mass is 9.96. The third kappa shape index (κ3) is 3.58. The van der Waals surface area contributed by atoms with E-state index in [0.717, 1.165) is 12.8 Å². The molecule has 0 aromatic carbocycles. The molecule has 0 aliphatic heterocycles. The quantitative estimate of drug-likeness (QED) is 0.635. The first-order valence-corrected chi connectivity index (χ1v) is 5.93. The monoisotopic (exact) mass is 200 g/mol. The van der Waals surface area contributed by atoms with Crippen molar-refractivity contribution in [1.82, 2.24) is 0 Å². The van der Waals surface area contributed by atoms with Gasteiger partial charge in [-0.1, -0.05) is 32.1 Å². The zero-order chi connectivity index (χ0) is 10.3. The van der Waals surface area contributed by atoms with Crippen LogP contribution in [-0.4, -0.2) is 20.0 Å². The highest BCUT2D eigenvalue weighted by Gasteiger charge is 2.28. The zero-order valence-electron chi connectivity index (χ0n) is 9.68. The molecule has 0 amide bonds. The molecule has 1 fully saturated rings. The Labute approximate surface area is 88.0 Å². The van der Waals surface area contributed by atoms with Crippen molar-refractivity contribution in [1.29, 1.82) is 0 Å². The minimum Gasteiger partial charge on any atom is -0.353 e. The Morgan fingerprint density at radius 1 is 0.643 bits per heavy atom. The number of hydrogen-bond acceptors (Lipinski definition) is 2. The molecule has 1 rings (SSSR count). The Morgan fingerprint density at radius 3 is 1.36 bits per heavy atom. The molecule has 1 aliphatic carbocycles. The van der Waals surface area contributed by atoms with Crippen molar-refractivity contribution < 1.29 is 9.47 Å². The van der Waals surface area contributed by atoms with Crippen molar-refractivity contribution in [3.63, 3.8) is 0 Å². The van der Waals surface area contributed by atoms with Crippen molar-refractivity contribution in [2.45, 2.75) is 63.6 Å². The molecule has 0 bridgehead atoms. The van der Waals surface area contributed by atoms with E-state index >= 15 is 0 Å². The van der Waals surface area contributed by atoms with E-state index in [2.05, 4.69) is 0 Å². The average molecular weight is 200 g/mol. The summed E-state index contributed by atoms with van der Waals surface area (Å²) in [7, 11) is 3.55. The van der Waals surface area contributed by atoms with E-state index in [0.29, 0.717) is 0 Å². The van der Waals surface area contributed by atoms with E-state index in [9.17, 15) is 0 Å². The van der Waals surface area contributed by atoms with E-state index < -0.39 is 0 Å². The molecule has 2 nitrogen and oxygen atoms in total. The number of ether oxygens (including phenoxy) is 2. The lowest BCUT2D eigenvalue weighted by molar-refractivity contribution is -0.216. The summed E-state index contributed by atoms with van der Waals surface area (Å²) >= 11 is 0. The first-order chi connectivity index (χ1) is 6.83. The standard InChI is InChI=1S/C12H24O2/c1-13-12(14-2)10-8-6-4-3-5-7-9-11-12/h3-11H2,1-2H3. The van der Waals surface area contributed by atoms with E-state index in [-0.39, 0.29) is 5.79 Å². The van der Waals surface area contributed by atoms with Gasteiger partial charge in [-0.2, -0.15) is 0 Å². The maximum atomic E-state index is 5.54. The predicted octanol–water partition coefficient (Wildman–Crippen LogP) is 3.50. The van der Waals surface area contributed by atoms with Crippen molar-refractivity contribution in [2.24, 2.45) is 0 Å². The normalized spacial score (nSPS) is 24.4. The lowest BCUT2D eigenvalue weighted by Gasteiger charge is -2.31. The Balaban J connectivity index is 2.44. The predicted molar refractivity (Wildman–Crippen MR) is 58.3 cm³/mol. The second kappa shape index (κ2) is 6.41.